The van der Waals surface area contributed by atoms with E-state index in [9.17, 15) is 4.79 Å². The number of hydrogen-bond donors (Lipinski definition) is 1. The summed E-state index contributed by atoms with van der Waals surface area (Å²) in [4.78, 5) is 14.5. The van der Waals surface area contributed by atoms with Gasteiger partial charge in [0.1, 0.15) is 5.75 Å². The molecule has 1 saturated heterocycles. The topological polar surface area (TPSA) is 41.6 Å². The van der Waals surface area contributed by atoms with Crippen molar-refractivity contribution in [3.63, 3.8) is 0 Å². The summed E-state index contributed by atoms with van der Waals surface area (Å²) in [6.45, 7) is 8.95. The number of benzene rings is 1. The maximum absolute atomic E-state index is 11.9. The molecule has 0 spiro atoms. The molecule has 0 aliphatic carbocycles. The molecule has 4 nitrogen and oxygen atoms in total. The van der Waals surface area contributed by atoms with Gasteiger partial charge < -0.3 is 15.0 Å². The summed E-state index contributed by atoms with van der Waals surface area (Å²) >= 11 is 0. The third kappa shape index (κ3) is 6.52. The molecule has 0 radical (unpaired) electrons. The van der Waals surface area contributed by atoms with Gasteiger partial charge in [0.25, 0.3) is 0 Å². The Labute approximate surface area is 146 Å². The van der Waals surface area contributed by atoms with E-state index in [0.29, 0.717) is 6.42 Å². The Morgan fingerprint density at radius 1 is 1.21 bits per heavy atom. The highest BCUT2D eigenvalue weighted by Gasteiger charge is 2.20. The number of ether oxygens (including phenoxy) is 1. The first kappa shape index (κ1) is 18.8. The van der Waals surface area contributed by atoms with E-state index >= 15 is 0 Å². The van der Waals surface area contributed by atoms with Gasteiger partial charge in [-0.1, -0.05) is 26.0 Å². The fraction of sp³-hybridized carbons (Fsp3) is 0.650. The molecule has 0 bridgehead atoms. The molecule has 1 fully saturated rings. The monoisotopic (exact) mass is 332 g/mol. The lowest BCUT2D eigenvalue weighted by molar-refractivity contribution is -0.121. The molecule has 2 unspecified atom stereocenters. The molecular formula is C20H32N2O2. The molecule has 0 saturated carbocycles. The maximum atomic E-state index is 11.9. The van der Waals surface area contributed by atoms with Gasteiger partial charge >= 0.3 is 0 Å². The molecule has 1 aliphatic rings. The van der Waals surface area contributed by atoms with E-state index < -0.39 is 0 Å². The average Bonchev–Trinajstić information content (AvgIpc) is 2.56. The Hall–Kier alpha value is -1.55. The maximum Gasteiger partial charge on any atom is 0.220 e. The molecular weight excluding hydrogens is 300 g/mol. The molecule has 1 N–H and O–H groups in total. The van der Waals surface area contributed by atoms with Crippen LogP contribution in [0.5, 0.6) is 5.75 Å². The van der Waals surface area contributed by atoms with Crippen LogP contribution in [-0.2, 0) is 11.2 Å². The van der Waals surface area contributed by atoms with Crippen LogP contribution in [0.25, 0.3) is 0 Å². The molecule has 24 heavy (non-hydrogen) atoms. The van der Waals surface area contributed by atoms with Gasteiger partial charge in [0.15, 0.2) is 0 Å². The van der Waals surface area contributed by atoms with Crippen LogP contribution in [0.15, 0.2) is 24.3 Å². The number of amides is 1. The number of carbonyl (C=O) groups excluding carboxylic acids is 1. The van der Waals surface area contributed by atoms with Crippen molar-refractivity contribution in [1.82, 2.24) is 10.2 Å². The van der Waals surface area contributed by atoms with Gasteiger partial charge in [0.2, 0.25) is 5.91 Å². The van der Waals surface area contributed by atoms with Gasteiger partial charge in [-0.2, -0.15) is 0 Å². The van der Waals surface area contributed by atoms with Crippen molar-refractivity contribution in [3.8, 4) is 5.75 Å². The molecule has 2 rings (SSSR count). The van der Waals surface area contributed by atoms with Crippen LogP contribution in [-0.4, -0.2) is 44.1 Å². The Kier molecular flexibility index (Phi) is 7.57. The molecule has 1 aromatic carbocycles. The van der Waals surface area contributed by atoms with Gasteiger partial charge in [-0.05, 0) is 55.3 Å². The molecule has 0 aromatic heterocycles. The Morgan fingerprint density at radius 2 is 1.88 bits per heavy atom. The molecule has 1 aromatic rings. The van der Waals surface area contributed by atoms with E-state index in [0.717, 1.165) is 43.5 Å². The second kappa shape index (κ2) is 9.67. The molecule has 134 valence electrons. The minimum Gasteiger partial charge on any atom is -0.497 e. The normalized spacial score (nSPS) is 21.5. The van der Waals surface area contributed by atoms with Crippen LogP contribution in [0, 0.1) is 11.8 Å². The minimum absolute atomic E-state index is 0.145. The van der Waals surface area contributed by atoms with E-state index in [-0.39, 0.29) is 5.91 Å². The third-order valence-corrected chi connectivity index (χ3v) is 4.72. The molecule has 1 amide bonds. The SMILES string of the molecule is COc1ccc(CCC(=O)NCCCN2CC(C)CC(C)C2)cc1. The van der Waals surface area contributed by atoms with Crippen molar-refractivity contribution in [1.29, 1.82) is 0 Å². The van der Waals surface area contributed by atoms with Crippen LogP contribution in [0.3, 0.4) is 0 Å². The van der Waals surface area contributed by atoms with Crippen LogP contribution in [0.4, 0.5) is 0 Å². The second-order valence-corrected chi connectivity index (χ2v) is 7.26. The number of piperidine rings is 1. The van der Waals surface area contributed by atoms with Crippen molar-refractivity contribution >= 4 is 5.91 Å². The largest absolute Gasteiger partial charge is 0.497 e. The van der Waals surface area contributed by atoms with Crippen molar-refractivity contribution in [2.45, 2.75) is 39.5 Å². The fourth-order valence-electron chi connectivity index (χ4n) is 3.64. The van der Waals surface area contributed by atoms with E-state index in [1.807, 2.05) is 24.3 Å². The third-order valence-electron chi connectivity index (χ3n) is 4.72. The number of nitrogens with one attached hydrogen (secondary N) is 1. The van der Waals surface area contributed by atoms with Gasteiger partial charge in [0, 0.05) is 26.1 Å². The Balaban J connectivity index is 1.57. The van der Waals surface area contributed by atoms with Gasteiger partial charge in [0.05, 0.1) is 7.11 Å². The highest BCUT2D eigenvalue weighted by atomic mass is 16.5. The Morgan fingerprint density at radius 3 is 2.50 bits per heavy atom. The van der Waals surface area contributed by atoms with Crippen LogP contribution >= 0.6 is 0 Å². The standard InChI is InChI=1S/C20H32N2O2/c1-16-13-17(2)15-22(14-16)12-4-11-21-20(23)10-7-18-5-8-19(24-3)9-6-18/h5-6,8-9,16-17H,4,7,10-15H2,1-3H3,(H,21,23). The number of methoxy groups -OCH3 is 1. The van der Waals surface area contributed by atoms with E-state index in [1.165, 1.54) is 25.1 Å². The first-order chi connectivity index (χ1) is 11.6. The predicted octanol–water partition coefficient (Wildman–Crippen LogP) is 3.11. The van der Waals surface area contributed by atoms with Gasteiger partial charge in [-0.25, -0.2) is 0 Å². The highest BCUT2D eigenvalue weighted by molar-refractivity contribution is 5.76. The zero-order chi connectivity index (χ0) is 17.4. The summed E-state index contributed by atoms with van der Waals surface area (Å²) < 4.78 is 5.14. The molecule has 2 atom stereocenters. The van der Waals surface area contributed by atoms with Crippen molar-refractivity contribution in [2.24, 2.45) is 11.8 Å². The number of nitrogens with zero attached hydrogens (tertiary/aromatic N) is 1. The summed E-state index contributed by atoms with van der Waals surface area (Å²) in [5.74, 6) is 2.59. The zero-order valence-corrected chi connectivity index (χ0v) is 15.4. The molecule has 4 heteroatoms. The number of aryl methyl sites for hydroxylation is 1. The highest BCUT2D eigenvalue weighted by Crippen LogP contribution is 2.20. The quantitative estimate of drug-likeness (QED) is 0.744. The lowest BCUT2D eigenvalue weighted by Gasteiger charge is -2.34. The summed E-state index contributed by atoms with van der Waals surface area (Å²) in [6, 6.07) is 7.91. The van der Waals surface area contributed by atoms with Crippen LogP contribution < -0.4 is 10.1 Å². The first-order valence-corrected chi connectivity index (χ1v) is 9.18. The van der Waals surface area contributed by atoms with E-state index in [2.05, 4.69) is 24.1 Å². The van der Waals surface area contributed by atoms with Crippen LogP contribution in [0.2, 0.25) is 0 Å². The van der Waals surface area contributed by atoms with Gasteiger partial charge in [-0.3, -0.25) is 4.79 Å². The summed E-state index contributed by atoms with van der Waals surface area (Å²) in [5.41, 5.74) is 1.17. The minimum atomic E-state index is 0.145. The fourth-order valence-corrected chi connectivity index (χ4v) is 3.64. The number of carbonyl (C=O) groups is 1. The summed E-state index contributed by atoms with van der Waals surface area (Å²) in [6.07, 6.45) is 3.70. The first-order valence-electron chi connectivity index (χ1n) is 9.18. The molecule has 1 aliphatic heterocycles. The average molecular weight is 332 g/mol. The number of hydrogen-bond acceptors (Lipinski definition) is 3. The predicted molar refractivity (Wildman–Crippen MR) is 98.3 cm³/mol. The van der Waals surface area contributed by atoms with E-state index in [4.69, 9.17) is 4.74 Å². The van der Waals surface area contributed by atoms with Crippen LogP contribution in [0.1, 0.15) is 38.7 Å². The summed E-state index contributed by atoms with van der Waals surface area (Å²) in [7, 11) is 1.66. The lowest BCUT2D eigenvalue weighted by Crippen LogP contribution is -2.40. The van der Waals surface area contributed by atoms with E-state index in [1.54, 1.807) is 7.11 Å². The van der Waals surface area contributed by atoms with Crippen molar-refractivity contribution < 1.29 is 9.53 Å². The second-order valence-electron chi connectivity index (χ2n) is 7.26. The molecule has 1 heterocycles. The smallest absolute Gasteiger partial charge is 0.220 e. The van der Waals surface area contributed by atoms with Crippen molar-refractivity contribution in [2.75, 3.05) is 33.3 Å². The number of rotatable bonds is 8. The Bertz CT molecular complexity index is 491. The van der Waals surface area contributed by atoms with Crippen molar-refractivity contribution in [3.05, 3.63) is 29.8 Å². The number of likely N-dealkylation sites (tertiary alicyclic amines) is 1. The summed E-state index contributed by atoms with van der Waals surface area (Å²) in [5, 5.41) is 3.05. The zero-order valence-electron chi connectivity index (χ0n) is 15.4. The lowest BCUT2D eigenvalue weighted by atomic mass is 9.92. The van der Waals surface area contributed by atoms with Gasteiger partial charge in [-0.15, -0.1) is 0 Å².